The van der Waals surface area contributed by atoms with Crippen molar-refractivity contribution in [2.45, 2.75) is 52.5 Å². The minimum Gasteiger partial charge on any atom is -0.466 e. The summed E-state index contributed by atoms with van der Waals surface area (Å²) in [5.41, 5.74) is 1.91. The highest BCUT2D eigenvalue weighted by Gasteiger charge is 2.49. The number of hydrogen-bond donors (Lipinski definition) is 0. The molecule has 1 aromatic heterocycles. The van der Waals surface area contributed by atoms with Crippen molar-refractivity contribution < 1.29 is 18.4 Å². The van der Waals surface area contributed by atoms with Gasteiger partial charge in [-0.3, -0.25) is 0 Å². The molecule has 1 heterocycles. The van der Waals surface area contributed by atoms with Gasteiger partial charge < -0.3 is 13.6 Å². The van der Waals surface area contributed by atoms with Crippen LogP contribution in [-0.4, -0.2) is 33.0 Å². The third kappa shape index (κ3) is 7.30. The van der Waals surface area contributed by atoms with Crippen LogP contribution in [0.25, 0.3) is 12.2 Å². The Hall–Kier alpha value is -3.48. The number of carbonyl (C=O) groups is 1. The molecule has 0 bridgehead atoms. The Morgan fingerprint density at radius 3 is 2.16 bits per heavy atom. The number of esters is 1. The van der Waals surface area contributed by atoms with Gasteiger partial charge in [0.05, 0.1) is 7.11 Å². The molecule has 0 saturated carbocycles. The van der Waals surface area contributed by atoms with E-state index in [2.05, 4.69) is 98.1 Å². The number of aromatic nitrogens is 1. The topological polar surface area (TPSA) is 61.6 Å². The molecule has 5 nitrogen and oxygen atoms in total. The molecule has 0 N–H and O–H groups in total. The van der Waals surface area contributed by atoms with Gasteiger partial charge in [-0.05, 0) is 54.3 Å². The van der Waals surface area contributed by atoms with Crippen molar-refractivity contribution in [1.29, 1.82) is 0 Å². The number of allylic oxidation sites excluding steroid dienone is 3. The SMILES string of the molecule is COC(=O)/C=C\C=C\c1nc(/C=C(/C)CCCO[Si](c2ccccc2)(c2ccccc2)C(C)(C)C)oc1C. The standard InChI is InChI=1S/C32H39NO4Si/c1-25(24-30-33-29(26(2)37-30)21-13-14-22-31(34)35-6)16-15-23-36-38(32(3,4)5,27-17-9-7-10-18-27)28-19-11-8-12-20-28/h7-14,17-22,24H,15-16,23H2,1-6H3/b21-13+,22-14-,25-24-. The Balaban J connectivity index is 1.70. The second-order valence-electron chi connectivity index (χ2n) is 10.3. The molecule has 6 heteroatoms. The minimum atomic E-state index is -2.52. The van der Waals surface area contributed by atoms with Gasteiger partial charge in [0.1, 0.15) is 11.5 Å². The summed E-state index contributed by atoms with van der Waals surface area (Å²) >= 11 is 0. The summed E-state index contributed by atoms with van der Waals surface area (Å²) in [6.45, 7) is 11.5. The van der Waals surface area contributed by atoms with Gasteiger partial charge in [-0.15, -0.1) is 0 Å². The maximum atomic E-state index is 11.2. The van der Waals surface area contributed by atoms with E-state index in [-0.39, 0.29) is 5.04 Å². The number of ether oxygens (including phenoxy) is 1. The summed E-state index contributed by atoms with van der Waals surface area (Å²) in [6, 6.07) is 21.5. The number of nitrogens with zero attached hydrogens (tertiary/aromatic N) is 1. The van der Waals surface area contributed by atoms with Crippen LogP contribution in [0.3, 0.4) is 0 Å². The smallest absolute Gasteiger partial charge is 0.330 e. The van der Waals surface area contributed by atoms with E-state index in [0.717, 1.165) is 24.3 Å². The van der Waals surface area contributed by atoms with E-state index < -0.39 is 14.3 Å². The van der Waals surface area contributed by atoms with Crippen molar-refractivity contribution >= 4 is 36.8 Å². The van der Waals surface area contributed by atoms with Gasteiger partial charge in [-0.2, -0.15) is 0 Å². The Bertz CT molecular complexity index is 1230. The van der Waals surface area contributed by atoms with E-state index in [1.54, 1.807) is 12.2 Å². The second kappa shape index (κ2) is 13.4. The number of oxazole rings is 1. The summed E-state index contributed by atoms with van der Waals surface area (Å²) in [6.07, 6.45) is 10.3. The lowest BCUT2D eigenvalue weighted by Gasteiger charge is -2.43. The number of benzene rings is 2. The molecular formula is C32H39NO4Si. The second-order valence-corrected chi connectivity index (χ2v) is 14.6. The van der Waals surface area contributed by atoms with Crippen LogP contribution in [0.5, 0.6) is 0 Å². The molecule has 0 atom stereocenters. The highest BCUT2D eigenvalue weighted by atomic mass is 28.4. The summed E-state index contributed by atoms with van der Waals surface area (Å²) in [5, 5.41) is 2.55. The summed E-state index contributed by atoms with van der Waals surface area (Å²) in [5.74, 6) is 0.899. The first-order valence-electron chi connectivity index (χ1n) is 13.0. The Kier molecular flexibility index (Phi) is 10.2. The van der Waals surface area contributed by atoms with Gasteiger partial charge in [0.15, 0.2) is 0 Å². The van der Waals surface area contributed by atoms with Crippen molar-refractivity contribution in [3.63, 3.8) is 0 Å². The van der Waals surface area contributed by atoms with Crippen molar-refractivity contribution in [3.8, 4) is 0 Å². The van der Waals surface area contributed by atoms with Crippen LogP contribution in [0, 0.1) is 6.92 Å². The molecule has 0 fully saturated rings. The molecule has 0 spiro atoms. The molecule has 38 heavy (non-hydrogen) atoms. The van der Waals surface area contributed by atoms with Crippen LogP contribution in [0.1, 0.15) is 57.9 Å². The Morgan fingerprint density at radius 1 is 1.00 bits per heavy atom. The lowest BCUT2D eigenvalue weighted by molar-refractivity contribution is -0.134. The molecule has 0 aliphatic rings. The van der Waals surface area contributed by atoms with Crippen molar-refractivity contribution in [2.24, 2.45) is 0 Å². The third-order valence-electron chi connectivity index (χ3n) is 6.47. The van der Waals surface area contributed by atoms with Gasteiger partial charge in [-0.1, -0.05) is 99.2 Å². The number of carbonyl (C=O) groups excluding carboxylic acids is 1. The normalized spacial score (nSPS) is 12.9. The maximum absolute atomic E-state index is 11.2. The molecule has 0 unspecified atom stereocenters. The molecule has 0 aliphatic carbocycles. The molecule has 3 aromatic rings. The first-order valence-corrected chi connectivity index (χ1v) is 14.9. The average molecular weight is 530 g/mol. The molecule has 0 radical (unpaired) electrons. The number of methoxy groups -OCH3 is 1. The minimum absolute atomic E-state index is 0.0356. The number of hydrogen-bond acceptors (Lipinski definition) is 5. The third-order valence-corrected chi connectivity index (χ3v) is 11.5. The van der Waals surface area contributed by atoms with Gasteiger partial charge in [0.2, 0.25) is 5.89 Å². The highest BCUT2D eigenvalue weighted by molar-refractivity contribution is 6.99. The van der Waals surface area contributed by atoms with Crippen molar-refractivity contribution in [1.82, 2.24) is 4.98 Å². The van der Waals surface area contributed by atoms with E-state index in [0.29, 0.717) is 12.5 Å². The van der Waals surface area contributed by atoms with Gasteiger partial charge >= 0.3 is 5.97 Å². The van der Waals surface area contributed by atoms with Gasteiger partial charge in [-0.25, -0.2) is 9.78 Å². The van der Waals surface area contributed by atoms with Crippen molar-refractivity contribution in [2.75, 3.05) is 13.7 Å². The predicted molar refractivity (Wildman–Crippen MR) is 158 cm³/mol. The average Bonchev–Trinajstić information content (AvgIpc) is 3.25. The van der Waals surface area contributed by atoms with Crippen molar-refractivity contribution in [3.05, 3.63) is 102 Å². The monoisotopic (exact) mass is 529 g/mol. The molecule has 2 aromatic carbocycles. The van der Waals surface area contributed by atoms with Gasteiger partial charge in [0.25, 0.3) is 8.32 Å². The zero-order valence-corrected chi connectivity index (χ0v) is 24.4. The van der Waals surface area contributed by atoms with Gasteiger partial charge in [0, 0.05) is 12.7 Å². The highest BCUT2D eigenvalue weighted by Crippen LogP contribution is 2.36. The van der Waals surface area contributed by atoms with E-state index in [1.807, 2.05) is 19.1 Å². The van der Waals surface area contributed by atoms with E-state index >= 15 is 0 Å². The molecule has 3 rings (SSSR count). The summed E-state index contributed by atoms with van der Waals surface area (Å²) in [7, 11) is -1.17. The fourth-order valence-electron chi connectivity index (χ4n) is 4.62. The molecule has 0 saturated heterocycles. The summed E-state index contributed by atoms with van der Waals surface area (Å²) < 4.78 is 17.4. The predicted octanol–water partition coefficient (Wildman–Crippen LogP) is 6.49. The Labute approximate surface area is 228 Å². The molecular weight excluding hydrogens is 490 g/mol. The zero-order chi connectivity index (χ0) is 27.6. The first-order chi connectivity index (χ1) is 18.2. The van der Waals surface area contributed by atoms with Crippen LogP contribution in [0.4, 0.5) is 0 Å². The number of rotatable bonds is 11. The molecule has 200 valence electrons. The largest absolute Gasteiger partial charge is 0.466 e. The lowest BCUT2D eigenvalue weighted by atomic mass is 10.1. The molecule has 0 amide bonds. The van der Waals surface area contributed by atoms with Crippen LogP contribution < -0.4 is 10.4 Å². The summed E-state index contributed by atoms with van der Waals surface area (Å²) in [4.78, 5) is 15.7. The van der Waals surface area contributed by atoms with E-state index in [9.17, 15) is 4.79 Å². The maximum Gasteiger partial charge on any atom is 0.330 e. The fraction of sp³-hybridized carbons (Fsp3) is 0.312. The van der Waals surface area contributed by atoms with Crippen LogP contribution in [-0.2, 0) is 14.0 Å². The Morgan fingerprint density at radius 2 is 1.61 bits per heavy atom. The quantitative estimate of drug-likeness (QED) is 0.0935. The van der Waals surface area contributed by atoms with E-state index in [1.165, 1.54) is 29.1 Å². The molecule has 0 aliphatic heterocycles. The number of aryl methyl sites for hydroxylation is 1. The van der Waals surface area contributed by atoms with E-state index in [4.69, 9.17) is 8.84 Å². The first kappa shape index (κ1) is 29.1. The lowest BCUT2D eigenvalue weighted by Crippen LogP contribution is -2.66. The zero-order valence-electron chi connectivity index (χ0n) is 23.4. The van der Waals surface area contributed by atoms with Crippen LogP contribution in [0.2, 0.25) is 5.04 Å². The van der Waals surface area contributed by atoms with Crippen LogP contribution >= 0.6 is 0 Å². The fourth-order valence-corrected chi connectivity index (χ4v) is 9.22. The van der Waals surface area contributed by atoms with Crippen LogP contribution in [0.15, 0.2) is 88.9 Å².